The minimum atomic E-state index is -0.705. The molecular formula is C36H20N2O8. The molecule has 0 heterocycles. The van der Waals surface area contributed by atoms with Crippen molar-refractivity contribution in [3.63, 3.8) is 0 Å². The zero-order chi connectivity index (χ0) is 32.5. The Morgan fingerprint density at radius 2 is 0.978 bits per heavy atom. The van der Waals surface area contributed by atoms with Crippen LogP contribution in [-0.2, 0) is 0 Å². The fraction of sp³-hybridized carbons (Fsp3) is 0. The summed E-state index contributed by atoms with van der Waals surface area (Å²) in [5, 5.41) is 46.1. The Bertz CT molecular complexity index is 2170. The molecule has 2 N–H and O–H groups in total. The van der Waals surface area contributed by atoms with Crippen molar-refractivity contribution >= 4 is 32.9 Å². The molecule has 0 aromatic heterocycles. The molecule has 0 saturated heterocycles. The van der Waals surface area contributed by atoms with E-state index in [4.69, 9.17) is 22.3 Å². The van der Waals surface area contributed by atoms with Crippen LogP contribution in [0.15, 0.2) is 97.1 Å². The Morgan fingerprint density at radius 1 is 0.565 bits per heavy atom. The van der Waals surface area contributed by atoms with Gasteiger partial charge < -0.3 is 19.7 Å². The predicted octanol–water partition coefficient (Wildman–Crippen LogP) is 8.43. The lowest BCUT2D eigenvalue weighted by atomic mass is 9.91. The third kappa shape index (κ3) is 5.30. The quantitative estimate of drug-likeness (QED) is 0.104. The molecule has 6 rings (SSSR count). The lowest BCUT2D eigenvalue weighted by Gasteiger charge is -2.20. The van der Waals surface area contributed by atoms with Gasteiger partial charge in [-0.1, -0.05) is 36.1 Å². The van der Waals surface area contributed by atoms with Crippen LogP contribution in [0.25, 0.3) is 32.7 Å². The summed E-state index contributed by atoms with van der Waals surface area (Å²) in [6.07, 6.45) is 11.4. The maximum atomic E-state index is 11.3. The number of hydrogen-bond donors (Lipinski definition) is 2. The third-order valence-electron chi connectivity index (χ3n) is 7.29. The number of phenols is 2. The highest BCUT2D eigenvalue weighted by molar-refractivity contribution is 6.10. The predicted molar refractivity (Wildman–Crippen MR) is 172 cm³/mol. The van der Waals surface area contributed by atoms with E-state index >= 15 is 0 Å². The molecule has 222 valence electrons. The van der Waals surface area contributed by atoms with E-state index in [1.165, 1.54) is 12.1 Å². The molecule has 0 fully saturated rings. The van der Waals surface area contributed by atoms with E-state index < -0.39 is 32.7 Å². The van der Waals surface area contributed by atoms with Crippen molar-refractivity contribution in [2.24, 2.45) is 0 Å². The number of terminal acetylenes is 2. The first kappa shape index (κ1) is 29.1. The summed E-state index contributed by atoms with van der Waals surface area (Å²) in [5.74, 6) is 4.98. The van der Waals surface area contributed by atoms with Crippen LogP contribution in [-0.4, -0.2) is 20.1 Å². The minimum absolute atomic E-state index is 0.126. The van der Waals surface area contributed by atoms with Crippen LogP contribution in [0.4, 0.5) is 11.4 Å². The largest absolute Gasteiger partial charge is 0.502 e. The molecule has 0 spiro atoms. The van der Waals surface area contributed by atoms with Crippen molar-refractivity contribution in [2.75, 3.05) is 0 Å². The molecule has 10 nitrogen and oxygen atoms in total. The summed E-state index contributed by atoms with van der Waals surface area (Å²) in [6.45, 7) is 0. The SMILES string of the molecule is C#Cc1ccc2c(-c3c(Oc4ccc([N+](=O)[O-])c(O)c4)ccc4cc(C#C)ccc34)c(Oc3ccc([N+](=O)[O-])c(O)c3)ccc2c1. The number of phenolic OH excluding ortho intramolecular Hbond substituents is 2. The molecule has 6 aromatic rings. The molecule has 0 atom stereocenters. The van der Waals surface area contributed by atoms with E-state index in [9.17, 15) is 30.4 Å². The second-order valence-electron chi connectivity index (χ2n) is 10.1. The van der Waals surface area contributed by atoms with Crippen LogP contribution in [0.3, 0.4) is 0 Å². The molecule has 0 aliphatic carbocycles. The molecule has 0 radical (unpaired) electrons. The number of aromatic hydroxyl groups is 2. The minimum Gasteiger partial charge on any atom is -0.502 e. The molecular weight excluding hydrogens is 588 g/mol. The Labute approximate surface area is 261 Å². The molecule has 6 aromatic carbocycles. The lowest BCUT2D eigenvalue weighted by Crippen LogP contribution is -1.96. The molecule has 0 aliphatic heterocycles. The molecule has 46 heavy (non-hydrogen) atoms. The molecule has 0 amide bonds. The van der Waals surface area contributed by atoms with Gasteiger partial charge in [0.25, 0.3) is 0 Å². The van der Waals surface area contributed by atoms with Gasteiger partial charge >= 0.3 is 11.4 Å². The van der Waals surface area contributed by atoms with Crippen LogP contribution < -0.4 is 9.47 Å². The standard InChI is InChI=1S/C36H20N2O8/c1-3-21-5-11-27-23(17-21)7-15-33(45-25-9-13-29(37(41)42)31(39)19-25)35(27)36-28-12-6-22(4-2)18-24(28)8-16-34(36)46-26-10-14-30(38(43)44)32(40)20-26/h1-2,5-20,39-40H. The Balaban J connectivity index is 1.63. The van der Waals surface area contributed by atoms with Crippen LogP contribution in [0.5, 0.6) is 34.5 Å². The Morgan fingerprint density at radius 3 is 1.33 bits per heavy atom. The normalized spacial score (nSPS) is 10.7. The van der Waals surface area contributed by atoms with Crippen LogP contribution in [0.2, 0.25) is 0 Å². The van der Waals surface area contributed by atoms with Gasteiger partial charge in [-0.15, -0.1) is 12.8 Å². The van der Waals surface area contributed by atoms with Crippen molar-refractivity contribution < 1.29 is 29.5 Å². The van der Waals surface area contributed by atoms with Gasteiger partial charge in [-0.05, 0) is 70.1 Å². The van der Waals surface area contributed by atoms with Gasteiger partial charge in [0.05, 0.1) is 9.85 Å². The summed E-state index contributed by atoms with van der Waals surface area (Å²) in [7, 11) is 0. The second-order valence-corrected chi connectivity index (χ2v) is 10.1. The van der Waals surface area contributed by atoms with E-state index in [2.05, 4.69) is 11.8 Å². The van der Waals surface area contributed by atoms with E-state index in [1.807, 2.05) is 24.3 Å². The second kappa shape index (κ2) is 11.6. The van der Waals surface area contributed by atoms with Crippen molar-refractivity contribution in [3.05, 3.63) is 128 Å². The van der Waals surface area contributed by atoms with Crippen LogP contribution >= 0.6 is 0 Å². The summed E-state index contributed by atoms with van der Waals surface area (Å²) in [6, 6.07) is 25.2. The fourth-order valence-electron chi connectivity index (χ4n) is 5.18. The average molecular weight is 609 g/mol. The van der Waals surface area contributed by atoms with Crippen molar-refractivity contribution in [1.29, 1.82) is 0 Å². The summed E-state index contributed by atoms with van der Waals surface area (Å²) >= 11 is 0. The highest BCUT2D eigenvalue weighted by atomic mass is 16.6. The molecule has 0 saturated carbocycles. The number of nitrogens with zero attached hydrogens (tertiary/aromatic N) is 2. The van der Waals surface area contributed by atoms with Gasteiger partial charge in [0.1, 0.15) is 23.0 Å². The number of nitro groups is 2. The molecule has 10 heteroatoms. The van der Waals surface area contributed by atoms with Crippen LogP contribution in [0.1, 0.15) is 11.1 Å². The first-order chi connectivity index (χ1) is 22.2. The highest BCUT2D eigenvalue weighted by Gasteiger charge is 2.22. The van der Waals surface area contributed by atoms with E-state index in [-0.39, 0.29) is 11.5 Å². The lowest BCUT2D eigenvalue weighted by molar-refractivity contribution is -0.386. The van der Waals surface area contributed by atoms with Gasteiger partial charge in [0.15, 0.2) is 11.5 Å². The first-order valence-electron chi connectivity index (χ1n) is 13.5. The van der Waals surface area contributed by atoms with Gasteiger partial charge in [-0.3, -0.25) is 20.2 Å². The van der Waals surface area contributed by atoms with Gasteiger partial charge in [-0.25, -0.2) is 0 Å². The number of nitro benzene ring substituents is 2. The monoisotopic (exact) mass is 608 g/mol. The first-order valence-corrected chi connectivity index (χ1v) is 13.5. The topological polar surface area (TPSA) is 145 Å². The third-order valence-corrected chi connectivity index (χ3v) is 7.29. The zero-order valence-electron chi connectivity index (χ0n) is 23.6. The molecule has 0 bridgehead atoms. The van der Waals surface area contributed by atoms with Crippen molar-refractivity contribution in [1.82, 2.24) is 0 Å². The number of fused-ring (bicyclic) bond motifs is 2. The maximum Gasteiger partial charge on any atom is 0.310 e. The van der Waals surface area contributed by atoms with E-state index in [0.717, 1.165) is 35.0 Å². The molecule has 0 unspecified atom stereocenters. The summed E-state index contributed by atoms with van der Waals surface area (Å²) < 4.78 is 12.6. The van der Waals surface area contributed by atoms with Crippen molar-refractivity contribution in [2.45, 2.75) is 0 Å². The Hall–Kier alpha value is -7.04. The molecule has 0 aliphatic rings. The van der Waals surface area contributed by atoms with Crippen molar-refractivity contribution in [3.8, 4) is 70.3 Å². The van der Waals surface area contributed by atoms with Gasteiger partial charge in [0, 0.05) is 46.5 Å². The summed E-state index contributed by atoms with van der Waals surface area (Å²) in [4.78, 5) is 21.1. The summed E-state index contributed by atoms with van der Waals surface area (Å²) in [5.41, 5.74) is 1.41. The number of benzene rings is 6. The van der Waals surface area contributed by atoms with Gasteiger partial charge in [0.2, 0.25) is 0 Å². The number of hydrogen-bond acceptors (Lipinski definition) is 8. The maximum absolute atomic E-state index is 11.3. The smallest absolute Gasteiger partial charge is 0.310 e. The number of ether oxygens (including phenoxy) is 2. The number of rotatable bonds is 7. The zero-order valence-corrected chi connectivity index (χ0v) is 23.6. The van der Waals surface area contributed by atoms with E-state index in [0.29, 0.717) is 44.5 Å². The average Bonchev–Trinajstić information content (AvgIpc) is 3.04. The fourth-order valence-corrected chi connectivity index (χ4v) is 5.18. The van der Waals surface area contributed by atoms with E-state index in [1.54, 1.807) is 36.4 Å². The Kier molecular flexibility index (Phi) is 7.30. The highest BCUT2D eigenvalue weighted by Crippen LogP contribution is 2.48. The van der Waals surface area contributed by atoms with Gasteiger partial charge in [-0.2, -0.15) is 0 Å². The van der Waals surface area contributed by atoms with Crippen LogP contribution in [0, 0.1) is 44.9 Å².